The molecular formula is C15H26BNO3S. The first-order chi connectivity index (χ1) is 9.64. The highest BCUT2D eigenvalue weighted by molar-refractivity contribution is 7.84. The van der Waals surface area contributed by atoms with Gasteiger partial charge in [0.1, 0.15) is 0 Å². The molecule has 2 rings (SSSR count). The Morgan fingerprint density at radius 3 is 2.00 bits per heavy atom. The summed E-state index contributed by atoms with van der Waals surface area (Å²) in [5, 5.41) is 0. The summed E-state index contributed by atoms with van der Waals surface area (Å²) < 4.78 is 23.6. The molecule has 1 saturated heterocycles. The summed E-state index contributed by atoms with van der Waals surface area (Å²) in [6.07, 6.45) is 1.61. The van der Waals surface area contributed by atoms with E-state index >= 15 is 0 Å². The summed E-state index contributed by atoms with van der Waals surface area (Å²) in [7, 11) is -1.58. The highest BCUT2D eigenvalue weighted by Gasteiger charge is 2.51. The zero-order valence-corrected chi connectivity index (χ0v) is 14.8. The van der Waals surface area contributed by atoms with Gasteiger partial charge in [-0.15, -0.1) is 0 Å². The molecule has 0 aromatic heterocycles. The lowest BCUT2D eigenvalue weighted by molar-refractivity contribution is 0.00578. The van der Waals surface area contributed by atoms with Crippen molar-refractivity contribution >= 4 is 29.1 Å². The van der Waals surface area contributed by atoms with Crippen molar-refractivity contribution in [1.29, 1.82) is 0 Å². The van der Waals surface area contributed by atoms with Crippen molar-refractivity contribution in [2.75, 3.05) is 12.0 Å². The van der Waals surface area contributed by atoms with Crippen molar-refractivity contribution in [1.82, 2.24) is 0 Å². The number of anilines is 1. The van der Waals surface area contributed by atoms with Gasteiger partial charge in [0.2, 0.25) is 0 Å². The Hall–Kier alpha value is -0.845. The minimum absolute atomic E-state index is 0.384. The van der Waals surface area contributed by atoms with Gasteiger partial charge >= 0.3 is 7.12 Å². The third kappa shape index (κ3) is 3.68. The summed E-state index contributed by atoms with van der Waals surface area (Å²) in [6, 6.07) is 5.40. The van der Waals surface area contributed by atoms with Gasteiger partial charge in [0.15, 0.2) is 0 Å². The number of hydrogen-bond donors (Lipinski definition) is 1. The fraction of sp³-hybridized carbons (Fsp3) is 0.600. The lowest BCUT2D eigenvalue weighted by Crippen LogP contribution is -2.41. The predicted molar refractivity (Wildman–Crippen MR) is 90.3 cm³/mol. The summed E-state index contributed by atoms with van der Waals surface area (Å²) in [4.78, 5) is 0.618. The average molecular weight is 311 g/mol. The molecule has 1 aromatic rings. The zero-order valence-electron chi connectivity index (χ0n) is 14.0. The van der Waals surface area contributed by atoms with Crippen molar-refractivity contribution in [3.05, 3.63) is 18.2 Å². The van der Waals surface area contributed by atoms with Crippen LogP contribution in [0.2, 0.25) is 0 Å². The van der Waals surface area contributed by atoms with Gasteiger partial charge in [0.25, 0.3) is 0 Å². The standard InChI is InChI=1S/C13H20BNO3S.C2H6/c1-12(2)13(3,4)18-14(17-12)9-6-7-10(15)11(8-9)19(5)16;1-2/h6-8H,15H2,1-5H3;1-2H3. The van der Waals surface area contributed by atoms with E-state index in [2.05, 4.69) is 0 Å². The van der Waals surface area contributed by atoms with Crippen LogP contribution in [-0.2, 0) is 20.1 Å². The summed E-state index contributed by atoms with van der Waals surface area (Å²) in [5.41, 5.74) is 6.43. The normalized spacial score (nSPS) is 20.6. The molecule has 1 heterocycles. The molecule has 6 heteroatoms. The van der Waals surface area contributed by atoms with Crippen LogP contribution in [0.15, 0.2) is 23.1 Å². The third-order valence-corrected chi connectivity index (χ3v) is 4.85. The Morgan fingerprint density at radius 2 is 1.57 bits per heavy atom. The third-order valence-electron chi connectivity index (χ3n) is 3.87. The van der Waals surface area contributed by atoms with E-state index in [9.17, 15) is 4.21 Å². The molecule has 21 heavy (non-hydrogen) atoms. The highest BCUT2D eigenvalue weighted by atomic mass is 32.2. The Kier molecular flexibility index (Phi) is 5.64. The molecule has 0 aliphatic carbocycles. The van der Waals surface area contributed by atoms with Gasteiger partial charge in [0, 0.05) is 11.9 Å². The molecule has 0 saturated carbocycles. The smallest absolute Gasteiger partial charge is 0.399 e. The molecule has 4 nitrogen and oxygen atoms in total. The predicted octanol–water partition coefficient (Wildman–Crippen LogP) is 2.33. The number of hydrogen-bond acceptors (Lipinski definition) is 4. The maximum Gasteiger partial charge on any atom is 0.494 e. The van der Waals surface area contributed by atoms with Crippen LogP contribution in [0, 0.1) is 0 Å². The van der Waals surface area contributed by atoms with Crippen LogP contribution in [-0.4, -0.2) is 28.8 Å². The minimum Gasteiger partial charge on any atom is -0.399 e. The van der Waals surface area contributed by atoms with Gasteiger partial charge in [0.05, 0.1) is 26.9 Å². The fourth-order valence-corrected chi connectivity index (χ4v) is 2.63. The number of benzene rings is 1. The monoisotopic (exact) mass is 311 g/mol. The largest absolute Gasteiger partial charge is 0.494 e. The van der Waals surface area contributed by atoms with E-state index in [1.807, 2.05) is 47.6 Å². The van der Waals surface area contributed by atoms with Gasteiger partial charge in [-0.1, -0.05) is 19.9 Å². The van der Waals surface area contributed by atoms with Crippen molar-refractivity contribution in [3.63, 3.8) is 0 Å². The summed E-state index contributed by atoms with van der Waals surface area (Å²) in [6.45, 7) is 12.0. The maximum atomic E-state index is 11.6. The zero-order chi connectivity index (χ0) is 16.4. The van der Waals surface area contributed by atoms with Crippen molar-refractivity contribution in [2.24, 2.45) is 0 Å². The molecule has 0 radical (unpaired) electrons. The molecule has 1 aromatic carbocycles. The van der Waals surface area contributed by atoms with Gasteiger partial charge in [-0.3, -0.25) is 4.21 Å². The molecule has 1 unspecified atom stereocenters. The van der Waals surface area contributed by atoms with Crippen LogP contribution in [0.25, 0.3) is 0 Å². The molecule has 2 N–H and O–H groups in total. The molecule has 1 atom stereocenters. The van der Waals surface area contributed by atoms with Gasteiger partial charge in [-0.2, -0.15) is 0 Å². The van der Waals surface area contributed by atoms with Crippen LogP contribution < -0.4 is 11.2 Å². The van der Waals surface area contributed by atoms with Crippen molar-refractivity contribution in [3.8, 4) is 0 Å². The average Bonchev–Trinajstić information content (AvgIpc) is 2.61. The first-order valence-corrected chi connectivity index (χ1v) is 8.78. The van der Waals surface area contributed by atoms with Crippen LogP contribution in [0.3, 0.4) is 0 Å². The van der Waals surface area contributed by atoms with Gasteiger partial charge in [-0.25, -0.2) is 0 Å². The van der Waals surface area contributed by atoms with Crippen LogP contribution in [0.1, 0.15) is 41.5 Å². The Bertz CT molecular complexity index is 516. The van der Waals surface area contributed by atoms with E-state index in [1.54, 1.807) is 18.4 Å². The second-order valence-corrected chi connectivity index (χ2v) is 7.19. The van der Waals surface area contributed by atoms with Crippen molar-refractivity contribution in [2.45, 2.75) is 57.6 Å². The number of nitrogen functional groups attached to an aromatic ring is 1. The van der Waals surface area contributed by atoms with Gasteiger partial charge in [-0.05, 0) is 45.3 Å². The van der Waals surface area contributed by atoms with Gasteiger partial charge < -0.3 is 15.0 Å². The quantitative estimate of drug-likeness (QED) is 0.672. The van der Waals surface area contributed by atoms with Crippen LogP contribution >= 0.6 is 0 Å². The van der Waals surface area contributed by atoms with E-state index in [4.69, 9.17) is 15.0 Å². The second-order valence-electron chi connectivity index (χ2n) is 5.84. The Morgan fingerprint density at radius 1 is 1.10 bits per heavy atom. The van der Waals surface area contributed by atoms with E-state index in [-0.39, 0.29) is 11.2 Å². The van der Waals surface area contributed by atoms with E-state index in [1.165, 1.54) is 0 Å². The highest BCUT2D eigenvalue weighted by Crippen LogP contribution is 2.36. The molecular weight excluding hydrogens is 285 g/mol. The fourth-order valence-electron chi connectivity index (χ4n) is 1.93. The minimum atomic E-state index is -1.13. The first-order valence-electron chi connectivity index (χ1n) is 7.22. The molecule has 0 amide bonds. The molecule has 0 bridgehead atoms. The van der Waals surface area contributed by atoms with E-state index in [0.717, 1.165) is 5.46 Å². The lowest BCUT2D eigenvalue weighted by atomic mass is 9.79. The van der Waals surface area contributed by atoms with Crippen LogP contribution in [0.5, 0.6) is 0 Å². The number of nitrogens with two attached hydrogens (primary N) is 1. The summed E-state index contributed by atoms with van der Waals surface area (Å²) >= 11 is 0. The van der Waals surface area contributed by atoms with Crippen molar-refractivity contribution < 1.29 is 13.5 Å². The molecule has 1 fully saturated rings. The van der Waals surface area contributed by atoms with Crippen LogP contribution in [0.4, 0.5) is 5.69 Å². The SMILES string of the molecule is CC.CS(=O)c1cc(B2OC(C)(C)C(C)(C)O2)ccc1N. The molecule has 1 aliphatic heterocycles. The Balaban J connectivity index is 0.00000106. The summed E-state index contributed by atoms with van der Waals surface area (Å²) in [5.74, 6) is 0. The molecule has 0 spiro atoms. The van der Waals surface area contributed by atoms with E-state index < -0.39 is 17.9 Å². The Labute approximate surface area is 131 Å². The second kappa shape index (κ2) is 6.50. The lowest BCUT2D eigenvalue weighted by Gasteiger charge is -2.32. The maximum absolute atomic E-state index is 11.6. The topological polar surface area (TPSA) is 61.5 Å². The first kappa shape index (κ1) is 18.2. The number of rotatable bonds is 2. The van der Waals surface area contributed by atoms with E-state index in [0.29, 0.717) is 10.6 Å². The molecule has 1 aliphatic rings. The molecule has 118 valence electrons.